The number of hydrogen-bond donors (Lipinski definition) is 3. The van der Waals surface area contributed by atoms with E-state index in [4.69, 9.17) is 0 Å². The minimum atomic E-state index is -0.204. The van der Waals surface area contributed by atoms with Gasteiger partial charge in [0.25, 0.3) is 5.91 Å². The van der Waals surface area contributed by atoms with Gasteiger partial charge in [0.05, 0.1) is 6.54 Å². The number of amides is 3. The first-order valence-corrected chi connectivity index (χ1v) is 10.8. The van der Waals surface area contributed by atoms with Crippen molar-refractivity contribution in [3.05, 3.63) is 53.6 Å². The third-order valence-corrected chi connectivity index (χ3v) is 5.77. The molecule has 0 aromatic heterocycles. The van der Waals surface area contributed by atoms with Crippen LogP contribution in [0.2, 0.25) is 0 Å². The number of carbonyl (C=O) groups excluding carboxylic acids is 3. The molecule has 3 amide bonds. The Bertz CT molecular complexity index is 994. The lowest BCUT2D eigenvalue weighted by molar-refractivity contribution is -0.117. The molecule has 3 N–H and O–H groups in total. The average molecular weight is 421 g/mol. The van der Waals surface area contributed by atoms with Gasteiger partial charge in [0.2, 0.25) is 11.8 Å². The van der Waals surface area contributed by atoms with Gasteiger partial charge in [-0.1, -0.05) is 12.1 Å². The van der Waals surface area contributed by atoms with E-state index in [0.29, 0.717) is 11.3 Å². The largest absolute Gasteiger partial charge is 0.376 e. The summed E-state index contributed by atoms with van der Waals surface area (Å²) in [4.78, 5) is 38.9. The minimum absolute atomic E-state index is 0.0336. The molecular weight excluding hydrogens is 392 g/mol. The van der Waals surface area contributed by atoms with Gasteiger partial charge in [-0.3, -0.25) is 14.4 Å². The minimum Gasteiger partial charge on any atom is -0.376 e. The first-order chi connectivity index (χ1) is 15.0. The van der Waals surface area contributed by atoms with E-state index in [0.717, 1.165) is 55.7 Å². The normalized spacial score (nSPS) is 15.5. The summed E-state index contributed by atoms with van der Waals surface area (Å²) in [6, 6.07) is 12.7. The molecule has 1 aliphatic carbocycles. The number of nitrogens with zero attached hydrogens (tertiary/aromatic N) is 1. The lowest BCUT2D eigenvalue weighted by Crippen LogP contribution is -2.27. The summed E-state index contributed by atoms with van der Waals surface area (Å²) in [5.41, 5.74) is 3.56. The topological polar surface area (TPSA) is 90.5 Å². The second kappa shape index (κ2) is 9.20. The maximum Gasteiger partial charge on any atom is 0.253 e. The van der Waals surface area contributed by atoms with Crippen LogP contribution in [0.15, 0.2) is 42.5 Å². The smallest absolute Gasteiger partial charge is 0.253 e. The van der Waals surface area contributed by atoms with Crippen LogP contribution in [0.3, 0.4) is 0 Å². The zero-order valence-corrected chi connectivity index (χ0v) is 17.7. The Morgan fingerprint density at radius 3 is 2.35 bits per heavy atom. The van der Waals surface area contributed by atoms with Gasteiger partial charge >= 0.3 is 0 Å². The van der Waals surface area contributed by atoms with E-state index in [1.165, 1.54) is 0 Å². The standard InChI is InChI=1S/C24H28N4O3/c1-16-20(8-5-9-21(16)27-23(30)17-10-11-17)26-22(29)15-25-19-7-4-6-18(14-19)24(31)28-12-2-3-13-28/h4-9,14,17,25H,2-3,10-13,15H2,1H3,(H,26,29)(H,27,30). The summed E-state index contributed by atoms with van der Waals surface area (Å²) in [6.45, 7) is 3.55. The molecule has 1 saturated heterocycles. The molecule has 162 valence electrons. The van der Waals surface area contributed by atoms with Crippen LogP contribution >= 0.6 is 0 Å². The molecule has 2 aromatic rings. The molecule has 0 atom stereocenters. The quantitative estimate of drug-likeness (QED) is 0.638. The molecule has 0 spiro atoms. The van der Waals surface area contributed by atoms with Crippen molar-refractivity contribution < 1.29 is 14.4 Å². The summed E-state index contributed by atoms with van der Waals surface area (Å²) in [6.07, 6.45) is 3.99. The zero-order chi connectivity index (χ0) is 21.8. The fourth-order valence-corrected chi connectivity index (χ4v) is 3.73. The Kier molecular flexibility index (Phi) is 6.21. The molecule has 1 heterocycles. The second-order valence-corrected chi connectivity index (χ2v) is 8.22. The van der Waals surface area contributed by atoms with Gasteiger partial charge in [0, 0.05) is 41.6 Å². The van der Waals surface area contributed by atoms with Gasteiger partial charge in [-0.25, -0.2) is 0 Å². The highest BCUT2D eigenvalue weighted by Gasteiger charge is 2.29. The highest BCUT2D eigenvalue weighted by Crippen LogP contribution is 2.31. The van der Waals surface area contributed by atoms with Crippen LogP contribution < -0.4 is 16.0 Å². The Labute approximate surface area is 182 Å². The molecule has 7 nitrogen and oxygen atoms in total. The fourth-order valence-electron chi connectivity index (χ4n) is 3.73. The van der Waals surface area contributed by atoms with E-state index >= 15 is 0 Å². The van der Waals surface area contributed by atoms with E-state index in [1.54, 1.807) is 12.1 Å². The molecule has 1 saturated carbocycles. The predicted molar refractivity (Wildman–Crippen MR) is 121 cm³/mol. The molecule has 7 heteroatoms. The zero-order valence-electron chi connectivity index (χ0n) is 17.7. The molecule has 1 aliphatic heterocycles. The summed E-state index contributed by atoms with van der Waals surface area (Å²) in [5.74, 6) is -0.0112. The van der Waals surface area contributed by atoms with E-state index in [-0.39, 0.29) is 30.2 Å². The van der Waals surface area contributed by atoms with Crippen molar-refractivity contribution in [2.45, 2.75) is 32.6 Å². The molecule has 4 rings (SSSR count). The van der Waals surface area contributed by atoms with Crippen LogP contribution in [-0.4, -0.2) is 42.3 Å². The molecule has 0 bridgehead atoms. The maximum absolute atomic E-state index is 12.6. The number of rotatable bonds is 7. The lowest BCUT2D eigenvalue weighted by atomic mass is 10.1. The third kappa shape index (κ3) is 5.23. The Balaban J connectivity index is 1.34. The molecule has 2 aliphatic rings. The molecule has 31 heavy (non-hydrogen) atoms. The van der Waals surface area contributed by atoms with Crippen LogP contribution in [0.25, 0.3) is 0 Å². The van der Waals surface area contributed by atoms with Gasteiger partial charge in [0.1, 0.15) is 0 Å². The van der Waals surface area contributed by atoms with Crippen molar-refractivity contribution in [2.24, 2.45) is 5.92 Å². The SMILES string of the molecule is Cc1c(NC(=O)CNc2cccc(C(=O)N3CCCC3)c2)cccc1NC(=O)C1CC1. The molecule has 2 fully saturated rings. The Hall–Kier alpha value is -3.35. The summed E-state index contributed by atoms with van der Waals surface area (Å²) < 4.78 is 0. The van der Waals surface area contributed by atoms with E-state index in [2.05, 4.69) is 16.0 Å². The second-order valence-electron chi connectivity index (χ2n) is 8.22. The number of nitrogens with one attached hydrogen (secondary N) is 3. The van der Waals surface area contributed by atoms with E-state index in [9.17, 15) is 14.4 Å². The van der Waals surface area contributed by atoms with Gasteiger partial charge in [0.15, 0.2) is 0 Å². The van der Waals surface area contributed by atoms with Crippen LogP contribution in [0, 0.1) is 12.8 Å². The van der Waals surface area contributed by atoms with Gasteiger partial charge in [-0.15, -0.1) is 0 Å². The molecular formula is C24H28N4O3. The first-order valence-electron chi connectivity index (χ1n) is 10.8. The van der Waals surface area contributed by atoms with Crippen molar-refractivity contribution in [1.82, 2.24) is 4.90 Å². The van der Waals surface area contributed by atoms with Crippen molar-refractivity contribution >= 4 is 34.8 Å². The van der Waals surface area contributed by atoms with Crippen molar-refractivity contribution in [2.75, 3.05) is 35.6 Å². The third-order valence-electron chi connectivity index (χ3n) is 5.77. The number of anilines is 3. The average Bonchev–Trinajstić information content (AvgIpc) is 3.49. The maximum atomic E-state index is 12.6. The fraction of sp³-hybridized carbons (Fsp3) is 0.375. The Morgan fingerprint density at radius 2 is 1.65 bits per heavy atom. The van der Waals surface area contributed by atoms with Crippen LogP contribution in [0.4, 0.5) is 17.1 Å². The van der Waals surface area contributed by atoms with Crippen molar-refractivity contribution in [1.29, 1.82) is 0 Å². The van der Waals surface area contributed by atoms with E-state index in [1.807, 2.05) is 42.2 Å². The highest BCUT2D eigenvalue weighted by atomic mass is 16.2. The van der Waals surface area contributed by atoms with Gasteiger partial charge in [-0.2, -0.15) is 0 Å². The summed E-state index contributed by atoms with van der Waals surface area (Å²) in [5, 5.41) is 8.92. The van der Waals surface area contributed by atoms with Crippen LogP contribution in [-0.2, 0) is 9.59 Å². The number of benzene rings is 2. The van der Waals surface area contributed by atoms with Crippen LogP contribution in [0.1, 0.15) is 41.6 Å². The van der Waals surface area contributed by atoms with E-state index < -0.39 is 0 Å². The van der Waals surface area contributed by atoms with Gasteiger partial charge in [-0.05, 0) is 68.5 Å². The van der Waals surface area contributed by atoms with Gasteiger partial charge < -0.3 is 20.9 Å². The van der Waals surface area contributed by atoms with Crippen molar-refractivity contribution in [3.63, 3.8) is 0 Å². The summed E-state index contributed by atoms with van der Waals surface area (Å²) in [7, 11) is 0. The predicted octanol–water partition coefficient (Wildman–Crippen LogP) is 3.63. The highest BCUT2D eigenvalue weighted by molar-refractivity contribution is 5.99. The molecule has 0 unspecified atom stereocenters. The van der Waals surface area contributed by atoms with Crippen LogP contribution in [0.5, 0.6) is 0 Å². The van der Waals surface area contributed by atoms with Crippen molar-refractivity contribution in [3.8, 4) is 0 Å². The number of likely N-dealkylation sites (tertiary alicyclic amines) is 1. The molecule has 2 aromatic carbocycles. The number of carbonyl (C=O) groups is 3. The Morgan fingerprint density at radius 1 is 0.968 bits per heavy atom. The molecule has 0 radical (unpaired) electrons. The number of hydrogen-bond acceptors (Lipinski definition) is 4. The first kappa shape index (κ1) is 20.9. The monoisotopic (exact) mass is 420 g/mol. The summed E-state index contributed by atoms with van der Waals surface area (Å²) >= 11 is 0. The lowest BCUT2D eigenvalue weighted by Gasteiger charge is -2.16.